The van der Waals surface area contributed by atoms with Crippen molar-refractivity contribution in [2.24, 2.45) is 0 Å². The molecule has 8 nitrogen and oxygen atoms in total. The Kier molecular flexibility index (Phi) is 6.26. The monoisotopic (exact) mass is 412 g/mol. The Morgan fingerprint density at radius 2 is 1.72 bits per heavy atom. The lowest BCUT2D eigenvalue weighted by atomic mass is 10.1. The summed E-state index contributed by atoms with van der Waals surface area (Å²) in [5, 5.41) is 14.1. The molecule has 1 fully saturated rings. The molecular formula is C20H20N4O4S. The maximum absolute atomic E-state index is 12.6. The average molecular weight is 412 g/mol. The van der Waals surface area contributed by atoms with Gasteiger partial charge in [-0.3, -0.25) is 9.59 Å². The van der Waals surface area contributed by atoms with E-state index in [-0.39, 0.29) is 35.4 Å². The normalized spacial score (nSPS) is 13.3. The first kappa shape index (κ1) is 20.5. The molecule has 29 heavy (non-hydrogen) atoms. The van der Waals surface area contributed by atoms with Crippen molar-refractivity contribution >= 4 is 27.5 Å². The molecule has 0 spiro atoms. The van der Waals surface area contributed by atoms with E-state index in [2.05, 4.69) is 15.4 Å². The van der Waals surface area contributed by atoms with Gasteiger partial charge in [-0.25, -0.2) is 13.1 Å². The molecular weight excluding hydrogens is 392 g/mol. The van der Waals surface area contributed by atoms with Crippen LogP contribution in [-0.2, 0) is 10.0 Å². The molecule has 2 aromatic carbocycles. The predicted octanol–water partition coefficient (Wildman–Crippen LogP) is 2.02. The van der Waals surface area contributed by atoms with Crippen LogP contribution in [-0.4, -0.2) is 32.8 Å². The van der Waals surface area contributed by atoms with Gasteiger partial charge < -0.3 is 10.6 Å². The van der Waals surface area contributed by atoms with Crippen LogP contribution >= 0.6 is 0 Å². The topological polar surface area (TPSA) is 128 Å². The van der Waals surface area contributed by atoms with Gasteiger partial charge in [0.05, 0.1) is 22.2 Å². The molecule has 0 aliphatic heterocycles. The van der Waals surface area contributed by atoms with Crippen LogP contribution in [0.4, 0.5) is 5.69 Å². The Morgan fingerprint density at radius 3 is 2.38 bits per heavy atom. The molecule has 2 aromatic rings. The molecule has 0 aromatic heterocycles. The van der Waals surface area contributed by atoms with E-state index in [1.165, 1.54) is 24.3 Å². The van der Waals surface area contributed by atoms with Crippen molar-refractivity contribution in [2.45, 2.75) is 30.2 Å². The summed E-state index contributed by atoms with van der Waals surface area (Å²) in [7, 11) is -3.74. The summed E-state index contributed by atoms with van der Waals surface area (Å²) < 4.78 is 26.6. The fraction of sp³-hybridized carbons (Fsp3) is 0.250. The van der Waals surface area contributed by atoms with Gasteiger partial charge in [0.15, 0.2) is 0 Å². The summed E-state index contributed by atoms with van der Waals surface area (Å²) >= 11 is 0. The van der Waals surface area contributed by atoms with E-state index in [0.29, 0.717) is 11.3 Å². The van der Waals surface area contributed by atoms with E-state index >= 15 is 0 Å². The van der Waals surface area contributed by atoms with Crippen molar-refractivity contribution < 1.29 is 18.0 Å². The number of nitrogens with zero attached hydrogens (tertiary/aromatic N) is 1. The van der Waals surface area contributed by atoms with E-state index in [0.717, 1.165) is 12.8 Å². The van der Waals surface area contributed by atoms with E-state index in [9.17, 15) is 18.0 Å². The van der Waals surface area contributed by atoms with Crippen LogP contribution in [0.3, 0.4) is 0 Å². The van der Waals surface area contributed by atoms with Crippen LogP contribution in [0.25, 0.3) is 0 Å². The average Bonchev–Trinajstić information content (AvgIpc) is 3.52. The second-order valence-corrected chi connectivity index (χ2v) is 8.34. The van der Waals surface area contributed by atoms with Gasteiger partial charge in [-0.05, 0) is 49.2 Å². The summed E-state index contributed by atoms with van der Waals surface area (Å²) in [6.07, 6.45) is 1.98. The lowest BCUT2D eigenvalue weighted by molar-refractivity contribution is 0.0952. The number of rotatable bonds is 8. The zero-order chi connectivity index (χ0) is 20.9. The highest BCUT2D eigenvalue weighted by atomic mass is 32.2. The van der Waals surface area contributed by atoms with Gasteiger partial charge in [-0.1, -0.05) is 12.1 Å². The van der Waals surface area contributed by atoms with Gasteiger partial charge in [0.25, 0.3) is 11.8 Å². The minimum Gasteiger partial charge on any atom is -0.349 e. The molecule has 0 radical (unpaired) electrons. The van der Waals surface area contributed by atoms with Crippen molar-refractivity contribution in [3.05, 3.63) is 59.7 Å². The largest absolute Gasteiger partial charge is 0.349 e. The van der Waals surface area contributed by atoms with E-state index in [1.807, 2.05) is 6.07 Å². The van der Waals surface area contributed by atoms with E-state index in [4.69, 9.17) is 5.26 Å². The first-order valence-electron chi connectivity index (χ1n) is 9.08. The van der Waals surface area contributed by atoms with Gasteiger partial charge in [0, 0.05) is 24.6 Å². The Labute approximate surface area is 169 Å². The summed E-state index contributed by atoms with van der Waals surface area (Å²) in [6, 6.07) is 14.2. The van der Waals surface area contributed by atoms with Crippen molar-refractivity contribution in [3.63, 3.8) is 0 Å². The maximum atomic E-state index is 12.6. The first-order valence-corrected chi connectivity index (χ1v) is 10.6. The molecule has 0 saturated heterocycles. The maximum Gasteiger partial charge on any atom is 0.255 e. The Balaban J connectivity index is 1.70. The number of amides is 2. The van der Waals surface area contributed by atoms with Crippen LogP contribution < -0.4 is 15.4 Å². The first-order chi connectivity index (χ1) is 13.9. The van der Waals surface area contributed by atoms with E-state index < -0.39 is 15.9 Å². The van der Waals surface area contributed by atoms with Crippen molar-refractivity contribution in [1.29, 1.82) is 5.26 Å². The Hall–Kier alpha value is -3.22. The minimum absolute atomic E-state index is 0.00352. The lowest BCUT2D eigenvalue weighted by Gasteiger charge is -2.11. The molecule has 0 atom stereocenters. The fourth-order valence-corrected chi connectivity index (χ4v) is 3.62. The van der Waals surface area contributed by atoms with Gasteiger partial charge in [-0.15, -0.1) is 0 Å². The van der Waals surface area contributed by atoms with Gasteiger partial charge in [0.1, 0.15) is 0 Å². The van der Waals surface area contributed by atoms with Crippen molar-refractivity contribution in [3.8, 4) is 6.07 Å². The summed E-state index contributed by atoms with van der Waals surface area (Å²) in [4.78, 5) is 24.9. The number of hydrogen-bond donors (Lipinski definition) is 3. The highest BCUT2D eigenvalue weighted by Crippen LogP contribution is 2.22. The molecule has 3 N–H and O–H groups in total. The quantitative estimate of drug-likeness (QED) is 0.572. The van der Waals surface area contributed by atoms with Gasteiger partial charge in [0.2, 0.25) is 10.0 Å². The van der Waals surface area contributed by atoms with Crippen LogP contribution in [0.5, 0.6) is 0 Å². The second-order valence-electron chi connectivity index (χ2n) is 6.58. The molecule has 0 bridgehead atoms. The van der Waals surface area contributed by atoms with Crippen molar-refractivity contribution in [1.82, 2.24) is 10.0 Å². The predicted molar refractivity (Wildman–Crippen MR) is 107 cm³/mol. The smallest absolute Gasteiger partial charge is 0.255 e. The molecule has 1 saturated carbocycles. The number of nitrogens with one attached hydrogen (secondary N) is 3. The third-order valence-corrected chi connectivity index (χ3v) is 5.77. The van der Waals surface area contributed by atoms with Gasteiger partial charge in [-0.2, -0.15) is 5.26 Å². The molecule has 2 amide bonds. The van der Waals surface area contributed by atoms with Crippen LogP contribution in [0.15, 0.2) is 53.4 Å². The third-order valence-electron chi connectivity index (χ3n) is 4.29. The Bertz CT molecular complexity index is 1050. The second kappa shape index (κ2) is 8.86. The Morgan fingerprint density at radius 1 is 1.03 bits per heavy atom. The SMILES string of the molecule is N#CCCNS(=O)(=O)c1ccc(C(=O)Nc2ccccc2C(=O)NC2CC2)cc1. The molecule has 1 aliphatic carbocycles. The molecule has 150 valence electrons. The highest BCUT2D eigenvalue weighted by molar-refractivity contribution is 7.89. The number of hydrogen-bond acceptors (Lipinski definition) is 5. The summed E-state index contributed by atoms with van der Waals surface area (Å²) in [6.45, 7) is 0.0147. The minimum atomic E-state index is -3.74. The number of carbonyl (C=O) groups is 2. The summed E-state index contributed by atoms with van der Waals surface area (Å²) in [5.74, 6) is -0.702. The number of sulfonamides is 1. The zero-order valence-electron chi connectivity index (χ0n) is 15.5. The van der Waals surface area contributed by atoms with E-state index in [1.54, 1.807) is 24.3 Å². The number of carbonyl (C=O) groups excluding carboxylic acids is 2. The standard InChI is InChI=1S/C20H20N4O4S/c21-12-3-13-22-29(27,28)16-10-6-14(7-11-16)19(25)24-18-5-2-1-4-17(18)20(26)23-15-8-9-15/h1-2,4-7,10-11,15,22H,3,8-9,13H2,(H,23,26)(H,24,25). The van der Waals surface area contributed by atoms with Crippen LogP contribution in [0, 0.1) is 11.3 Å². The number of anilines is 1. The number of para-hydroxylation sites is 1. The zero-order valence-corrected chi connectivity index (χ0v) is 16.3. The third kappa shape index (κ3) is 5.40. The highest BCUT2D eigenvalue weighted by Gasteiger charge is 2.25. The van der Waals surface area contributed by atoms with Crippen molar-refractivity contribution in [2.75, 3.05) is 11.9 Å². The number of nitriles is 1. The summed E-state index contributed by atoms with van der Waals surface area (Å²) in [5.41, 5.74) is 0.998. The van der Waals surface area contributed by atoms with Crippen LogP contribution in [0.1, 0.15) is 40.0 Å². The number of benzene rings is 2. The molecule has 0 heterocycles. The lowest BCUT2D eigenvalue weighted by Crippen LogP contribution is -2.27. The molecule has 9 heteroatoms. The molecule has 0 unspecified atom stereocenters. The van der Waals surface area contributed by atoms with Gasteiger partial charge >= 0.3 is 0 Å². The fourth-order valence-electron chi connectivity index (χ4n) is 2.59. The molecule has 3 rings (SSSR count). The van der Waals surface area contributed by atoms with Crippen LogP contribution in [0.2, 0.25) is 0 Å². The molecule has 1 aliphatic rings.